The minimum atomic E-state index is 0.101. The number of anilines is 1. The van der Waals surface area contributed by atoms with E-state index in [1.165, 1.54) is 12.8 Å². The molecule has 3 aromatic rings. The Morgan fingerprint density at radius 2 is 1.79 bits per heavy atom. The van der Waals surface area contributed by atoms with Crippen molar-refractivity contribution in [1.29, 1.82) is 0 Å². The van der Waals surface area contributed by atoms with Crippen molar-refractivity contribution in [1.82, 2.24) is 20.0 Å². The quantitative estimate of drug-likeness (QED) is 0.535. The number of halogens is 1. The van der Waals surface area contributed by atoms with Crippen LogP contribution in [0.5, 0.6) is 0 Å². The average Bonchev–Trinajstić information content (AvgIpc) is 3.19. The molecule has 4 heterocycles. The number of pyridine rings is 1. The summed E-state index contributed by atoms with van der Waals surface area (Å²) in [6.45, 7) is 3.39. The van der Waals surface area contributed by atoms with Gasteiger partial charge in [-0.15, -0.1) is 0 Å². The minimum absolute atomic E-state index is 0.101. The number of likely N-dealkylation sites (tertiary alicyclic amines) is 1. The first kappa shape index (κ1) is 21.9. The first-order valence-corrected chi connectivity index (χ1v) is 12.2. The number of hydrogen-bond acceptors (Lipinski definition) is 6. The third-order valence-electron chi connectivity index (χ3n) is 6.59. The molecule has 1 aromatic carbocycles. The third-order valence-corrected chi connectivity index (χ3v) is 6.82. The summed E-state index contributed by atoms with van der Waals surface area (Å²) in [5, 5.41) is 4.77. The first-order chi connectivity index (χ1) is 16.2. The van der Waals surface area contributed by atoms with Gasteiger partial charge in [0.05, 0.1) is 5.56 Å². The van der Waals surface area contributed by atoms with Gasteiger partial charge < -0.3 is 14.3 Å². The lowest BCUT2D eigenvalue weighted by Gasteiger charge is -2.35. The van der Waals surface area contributed by atoms with Crippen LogP contribution in [0.15, 0.2) is 47.1 Å². The lowest BCUT2D eigenvalue weighted by molar-refractivity contribution is -0.136. The Morgan fingerprint density at radius 1 is 1.00 bits per heavy atom. The van der Waals surface area contributed by atoms with E-state index in [-0.39, 0.29) is 5.92 Å². The van der Waals surface area contributed by atoms with Crippen LogP contribution in [0.3, 0.4) is 0 Å². The van der Waals surface area contributed by atoms with Gasteiger partial charge in [-0.3, -0.25) is 4.79 Å². The van der Waals surface area contributed by atoms with E-state index in [1.807, 2.05) is 36.4 Å². The van der Waals surface area contributed by atoms with Crippen molar-refractivity contribution in [3.63, 3.8) is 0 Å². The fourth-order valence-corrected chi connectivity index (χ4v) is 4.97. The number of aromatic nitrogens is 3. The number of hydrogen-bond donors (Lipinski definition) is 0. The average molecular weight is 466 g/mol. The van der Waals surface area contributed by atoms with Gasteiger partial charge in [0.1, 0.15) is 5.82 Å². The van der Waals surface area contributed by atoms with Crippen molar-refractivity contribution >= 4 is 23.3 Å². The van der Waals surface area contributed by atoms with E-state index in [1.54, 1.807) is 6.20 Å². The van der Waals surface area contributed by atoms with Crippen LogP contribution in [0.4, 0.5) is 5.82 Å². The molecule has 172 valence electrons. The Labute approximate surface area is 198 Å². The molecular formula is C25H28ClN5O2. The van der Waals surface area contributed by atoms with Crippen molar-refractivity contribution in [3.8, 4) is 22.8 Å². The number of benzene rings is 1. The summed E-state index contributed by atoms with van der Waals surface area (Å²) in [6.07, 6.45) is 8.18. The van der Waals surface area contributed by atoms with Crippen LogP contribution in [0.2, 0.25) is 5.02 Å². The van der Waals surface area contributed by atoms with E-state index in [0.29, 0.717) is 22.6 Å². The molecule has 8 heteroatoms. The maximum absolute atomic E-state index is 13.0. The molecule has 2 saturated heterocycles. The second-order valence-electron chi connectivity index (χ2n) is 8.81. The SMILES string of the molecule is O=C(C1CCN(c2ncccc2-c2nc(-c3cccc(Cl)c3)no2)CC1)N1CCCCCC1. The van der Waals surface area contributed by atoms with E-state index in [2.05, 4.69) is 24.9 Å². The van der Waals surface area contributed by atoms with E-state index in [0.717, 1.165) is 68.8 Å². The van der Waals surface area contributed by atoms with Crippen LogP contribution in [-0.4, -0.2) is 52.1 Å². The molecule has 1 amide bonds. The zero-order valence-corrected chi connectivity index (χ0v) is 19.4. The lowest BCUT2D eigenvalue weighted by Crippen LogP contribution is -2.43. The van der Waals surface area contributed by atoms with Crippen molar-refractivity contribution in [3.05, 3.63) is 47.6 Å². The van der Waals surface area contributed by atoms with Crippen LogP contribution in [0, 0.1) is 5.92 Å². The van der Waals surface area contributed by atoms with Gasteiger partial charge in [0, 0.05) is 48.9 Å². The largest absolute Gasteiger partial charge is 0.356 e. The maximum Gasteiger partial charge on any atom is 0.261 e. The van der Waals surface area contributed by atoms with Crippen LogP contribution in [0.1, 0.15) is 38.5 Å². The molecule has 0 spiro atoms. The molecule has 2 aromatic heterocycles. The lowest BCUT2D eigenvalue weighted by atomic mass is 9.94. The predicted octanol–water partition coefficient (Wildman–Crippen LogP) is 5.07. The monoisotopic (exact) mass is 465 g/mol. The zero-order chi connectivity index (χ0) is 22.6. The summed E-state index contributed by atoms with van der Waals surface area (Å²) in [5.41, 5.74) is 1.60. The first-order valence-electron chi connectivity index (χ1n) is 11.8. The van der Waals surface area contributed by atoms with Crippen molar-refractivity contribution in [2.45, 2.75) is 38.5 Å². The van der Waals surface area contributed by atoms with E-state index in [4.69, 9.17) is 16.1 Å². The number of rotatable bonds is 4. The second kappa shape index (κ2) is 9.91. The van der Waals surface area contributed by atoms with E-state index >= 15 is 0 Å². The predicted molar refractivity (Wildman–Crippen MR) is 128 cm³/mol. The van der Waals surface area contributed by atoms with Crippen molar-refractivity contribution in [2.24, 2.45) is 5.92 Å². The van der Waals surface area contributed by atoms with Gasteiger partial charge in [-0.2, -0.15) is 4.98 Å². The topological polar surface area (TPSA) is 75.4 Å². The molecule has 0 bridgehead atoms. The normalized spacial score (nSPS) is 17.7. The Balaban J connectivity index is 1.30. The van der Waals surface area contributed by atoms with Gasteiger partial charge in [-0.25, -0.2) is 4.98 Å². The number of amides is 1. The number of carbonyl (C=O) groups excluding carboxylic acids is 1. The summed E-state index contributed by atoms with van der Waals surface area (Å²) in [4.78, 5) is 26.6. The highest BCUT2D eigenvalue weighted by Gasteiger charge is 2.30. The minimum Gasteiger partial charge on any atom is -0.356 e. The molecule has 0 aliphatic carbocycles. The fourth-order valence-electron chi connectivity index (χ4n) is 4.78. The standard InChI is InChI=1S/C25H28ClN5O2/c26-20-8-5-7-19(17-20)22-28-24(33-29-22)21-9-6-12-27-23(21)30-15-10-18(11-16-30)25(32)31-13-3-1-2-4-14-31/h5-9,12,17-18H,1-4,10-11,13-16H2. The molecule has 2 aliphatic heterocycles. The van der Waals surface area contributed by atoms with Crippen LogP contribution >= 0.6 is 11.6 Å². The Morgan fingerprint density at radius 3 is 2.55 bits per heavy atom. The van der Waals surface area contributed by atoms with Gasteiger partial charge in [0.2, 0.25) is 11.7 Å². The summed E-state index contributed by atoms with van der Waals surface area (Å²) >= 11 is 6.11. The summed E-state index contributed by atoms with van der Waals surface area (Å²) in [7, 11) is 0. The smallest absolute Gasteiger partial charge is 0.261 e. The molecule has 7 nitrogen and oxygen atoms in total. The highest BCUT2D eigenvalue weighted by atomic mass is 35.5. The summed E-state index contributed by atoms with van der Waals surface area (Å²) in [5.74, 6) is 2.17. The second-order valence-corrected chi connectivity index (χ2v) is 9.25. The Bertz CT molecular complexity index is 1100. The Hall–Kier alpha value is -2.93. The number of carbonyl (C=O) groups is 1. The van der Waals surface area contributed by atoms with E-state index < -0.39 is 0 Å². The zero-order valence-electron chi connectivity index (χ0n) is 18.6. The van der Waals surface area contributed by atoms with E-state index in [9.17, 15) is 4.79 Å². The highest BCUT2D eigenvalue weighted by Crippen LogP contribution is 2.32. The molecule has 0 unspecified atom stereocenters. The van der Waals surface area contributed by atoms with Gasteiger partial charge in [0.15, 0.2) is 0 Å². The molecular weight excluding hydrogens is 438 g/mol. The van der Waals surface area contributed by atoms with Gasteiger partial charge in [-0.05, 0) is 49.9 Å². The molecule has 33 heavy (non-hydrogen) atoms. The van der Waals surface area contributed by atoms with Crippen LogP contribution < -0.4 is 4.90 Å². The number of nitrogens with zero attached hydrogens (tertiary/aromatic N) is 5. The van der Waals surface area contributed by atoms with Crippen LogP contribution in [-0.2, 0) is 4.79 Å². The summed E-state index contributed by atoms with van der Waals surface area (Å²) < 4.78 is 5.60. The van der Waals surface area contributed by atoms with Crippen LogP contribution in [0.25, 0.3) is 22.8 Å². The molecule has 0 N–H and O–H groups in total. The Kier molecular flexibility index (Phi) is 6.58. The van der Waals surface area contributed by atoms with Crippen molar-refractivity contribution < 1.29 is 9.32 Å². The molecule has 5 rings (SSSR count). The third kappa shape index (κ3) is 4.88. The molecule has 0 atom stereocenters. The van der Waals surface area contributed by atoms with Crippen molar-refractivity contribution in [2.75, 3.05) is 31.1 Å². The van der Waals surface area contributed by atoms with Gasteiger partial charge >= 0.3 is 0 Å². The molecule has 0 saturated carbocycles. The fraction of sp³-hybridized carbons (Fsp3) is 0.440. The molecule has 0 radical (unpaired) electrons. The molecule has 2 aliphatic rings. The molecule has 2 fully saturated rings. The van der Waals surface area contributed by atoms with Gasteiger partial charge in [-0.1, -0.05) is 41.7 Å². The maximum atomic E-state index is 13.0. The highest BCUT2D eigenvalue weighted by molar-refractivity contribution is 6.30. The number of piperidine rings is 1. The summed E-state index contributed by atoms with van der Waals surface area (Å²) in [6, 6.07) is 11.2. The van der Waals surface area contributed by atoms with Gasteiger partial charge in [0.25, 0.3) is 5.89 Å².